The zero-order valence-corrected chi connectivity index (χ0v) is 11.8. The third-order valence-corrected chi connectivity index (χ3v) is 3.55. The predicted octanol–water partition coefficient (Wildman–Crippen LogP) is -0.354. The van der Waals surface area contributed by atoms with Gasteiger partial charge in [0.1, 0.15) is 0 Å². The van der Waals surface area contributed by atoms with Crippen molar-refractivity contribution in [1.82, 2.24) is 14.8 Å². The first kappa shape index (κ1) is 15.6. The number of hydrazine groups is 1. The van der Waals surface area contributed by atoms with Gasteiger partial charge in [0, 0.05) is 32.4 Å². The Kier molecular flexibility index (Phi) is 5.43. The number of pyridine rings is 1. The number of halogens is 1. The highest BCUT2D eigenvalue weighted by atomic mass is 19.1. The van der Waals surface area contributed by atoms with E-state index in [9.17, 15) is 9.18 Å². The van der Waals surface area contributed by atoms with Gasteiger partial charge < -0.3 is 15.4 Å². The molecule has 1 aromatic heterocycles. The molecule has 2 heterocycles. The standard InChI is InChI=1S/C13H20FN5O2/c14-11-10(2-3-16-12(11)17-15)13(21)19-5-1-4-18(6-7-19)8-9-20/h2-3,20H,1,4-9,15H2,(H,16,17). The summed E-state index contributed by atoms with van der Waals surface area (Å²) in [5, 5.41) is 8.96. The van der Waals surface area contributed by atoms with Crippen LogP contribution in [0.1, 0.15) is 16.8 Å². The summed E-state index contributed by atoms with van der Waals surface area (Å²) in [5.41, 5.74) is 2.10. The van der Waals surface area contributed by atoms with E-state index >= 15 is 0 Å². The third kappa shape index (κ3) is 3.66. The van der Waals surface area contributed by atoms with E-state index in [-0.39, 0.29) is 23.9 Å². The Bertz CT molecular complexity index is 499. The van der Waals surface area contributed by atoms with E-state index in [0.29, 0.717) is 26.2 Å². The highest BCUT2D eigenvalue weighted by molar-refractivity contribution is 5.95. The first-order valence-corrected chi connectivity index (χ1v) is 6.91. The Hall–Kier alpha value is -1.77. The lowest BCUT2D eigenvalue weighted by Crippen LogP contribution is -2.36. The number of carbonyl (C=O) groups is 1. The molecule has 1 fully saturated rings. The summed E-state index contributed by atoms with van der Waals surface area (Å²) < 4.78 is 14.1. The van der Waals surface area contributed by atoms with Gasteiger partial charge in [-0.15, -0.1) is 0 Å². The van der Waals surface area contributed by atoms with Gasteiger partial charge in [0.2, 0.25) is 0 Å². The highest BCUT2D eigenvalue weighted by Crippen LogP contribution is 2.17. The van der Waals surface area contributed by atoms with Crippen molar-refractivity contribution >= 4 is 11.7 Å². The van der Waals surface area contributed by atoms with E-state index < -0.39 is 5.82 Å². The zero-order chi connectivity index (χ0) is 15.2. The van der Waals surface area contributed by atoms with Crippen molar-refractivity contribution in [3.05, 3.63) is 23.6 Å². The van der Waals surface area contributed by atoms with Crippen LogP contribution in [0.5, 0.6) is 0 Å². The summed E-state index contributed by atoms with van der Waals surface area (Å²) in [7, 11) is 0. The number of aromatic nitrogens is 1. The van der Waals surface area contributed by atoms with Gasteiger partial charge in [-0.25, -0.2) is 15.2 Å². The van der Waals surface area contributed by atoms with E-state index in [1.54, 1.807) is 4.90 Å². The Morgan fingerprint density at radius 2 is 2.24 bits per heavy atom. The number of hydrogen-bond acceptors (Lipinski definition) is 6. The number of β-amino-alcohol motifs (C(OH)–C–C–N with tert-alkyl or cyclic N) is 1. The van der Waals surface area contributed by atoms with Crippen molar-refractivity contribution in [2.24, 2.45) is 5.84 Å². The fourth-order valence-corrected chi connectivity index (χ4v) is 2.42. The molecule has 1 saturated heterocycles. The van der Waals surface area contributed by atoms with Crippen molar-refractivity contribution in [3.63, 3.8) is 0 Å². The molecular weight excluding hydrogens is 277 g/mol. The van der Waals surface area contributed by atoms with Gasteiger partial charge in [-0.05, 0) is 19.0 Å². The molecule has 116 valence electrons. The smallest absolute Gasteiger partial charge is 0.257 e. The van der Waals surface area contributed by atoms with Gasteiger partial charge in [-0.1, -0.05) is 0 Å². The lowest BCUT2D eigenvalue weighted by molar-refractivity contribution is 0.0756. The molecule has 0 aromatic carbocycles. The average Bonchev–Trinajstić information content (AvgIpc) is 2.73. The second-order valence-corrected chi connectivity index (χ2v) is 4.88. The van der Waals surface area contributed by atoms with Gasteiger partial charge in [0.25, 0.3) is 5.91 Å². The first-order chi connectivity index (χ1) is 10.2. The number of hydrogen-bond donors (Lipinski definition) is 3. The van der Waals surface area contributed by atoms with Gasteiger partial charge >= 0.3 is 0 Å². The molecule has 0 aliphatic carbocycles. The molecule has 0 saturated carbocycles. The SMILES string of the molecule is NNc1nccc(C(=O)N2CCCN(CCO)CC2)c1F. The first-order valence-electron chi connectivity index (χ1n) is 6.91. The van der Waals surface area contributed by atoms with E-state index in [4.69, 9.17) is 10.9 Å². The molecule has 21 heavy (non-hydrogen) atoms. The number of rotatable bonds is 4. The molecule has 0 bridgehead atoms. The molecule has 1 amide bonds. The number of nitrogens with two attached hydrogens (primary N) is 1. The highest BCUT2D eigenvalue weighted by Gasteiger charge is 2.23. The quantitative estimate of drug-likeness (QED) is 0.519. The van der Waals surface area contributed by atoms with Gasteiger partial charge in [-0.2, -0.15) is 0 Å². The summed E-state index contributed by atoms with van der Waals surface area (Å²) in [6, 6.07) is 1.36. The average molecular weight is 297 g/mol. The minimum absolute atomic E-state index is 0.0337. The van der Waals surface area contributed by atoms with Crippen molar-refractivity contribution in [2.75, 3.05) is 44.8 Å². The summed E-state index contributed by atoms with van der Waals surface area (Å²) in [6.07, 6.45) is 2.14. The molecule has 1 aromatic rings. The monoisotopic (exact) mass is 297 g/mol. The maximum Gasteiger partial charge on any atom is 0.257 e. The topological polar surface area (TPSA) is 94.7 Å². The Morgan fingerprint density at radius 3 is 2.95 bits per heavy atom. The van der Waals surface area contributed by atoms with E-state index in [0.717, 1.165) is 13.0 Å². The molecule has 2 rings (SSSR count). The van der Waals surface area contributed by atoms with Crippen molar-refractivity contribution in [1.29, 1.82) is 0 Å². The Labute approximate surface area is 122 Å². The number of aliphatic hydroxyl groups is 1. The van der Waals surface area contributed by atoms with E-state index in [2.05, 4.69) is 15.3 Å². The van der Waals surface area contributed by atoms with Crippen LogP contribution in [0.4, 0.5) is 10.2 Å². The molecule has 0 radical (unpaired) electrons. The Morgan fingerprint density at radius 1 is 1.43 bits per heavy atom. The minimum atomic E-state index is -0.735. The van der Waals surface area contributed by atoms with Crippen molar-refractivity contribution in [2.45, 2.75) is 6.42 Å². The number of anilines is 1. The molecule has 0 spiro atoms. The van der Waals surface area contributed by atoms with Crippen molar-refractivity contribution < 1.29 is 14.3 Å². The van der Waals surface area contributed by atoms with Crippen LogP contribution in [0.25, 0.3) is 0 Å². The summed E-state index contributed by atoms with van der Waals surface area (Å²) in [5.74, 6) is 3.93. The Balaban J connectivity index is 2.10. The molecule has 0 unspecified atom stereocenters. The van der Waals surface area contributed by atoms with Crippen LogP contribution in [0.3, 0.4) is 0 Å². The molecular formula is C13H20FN5O2. The molecule has 0 atom stereocenters. The van der Waals surface area contributed by atoms with Gasteiger partial charge in [0.15, 0.2) is 11.6 Å². The fraction of sp³-hybridized carbons (Fsp3) is 0.538. The molecule has 8 heteroatoms. The van der Waals surface area contributed by atoms with Crippen LogP contribution in [-0.4, -0.2) is 65.1 Å². The summed E-state index contributed by atoms with van der Waals surface area (Å²) >= 11 is 0. The van der Waals surface area contributed by atoms with Gasteiger partial charge in [0.05, 0.1) is 12.2 Å². The fourth-order valence-electron chi connectivity index (χ4n) is 2.42. The van der Waals surface area contributed by atoms with Crippen LogP contribution in [0.15, 0.2) is 12.3 Å². The van der Waals surface area contributed by atoms with Crippen LogP contribution in [-0.2, 0) is 0 Å². The zero-order valence-electron chi connectivity index (χ0n) is 11.8. The van der Waals surface area contributed by atoms with Crippen molar-refractivity contribution in [3.8, 4) is 0 Å². The normalized spacial score (nSPS) is 16.6. The second kappa shape index (κ2) is 7.30. The third-order valence-electron chi connectivity index (χ3n) is 3.55. The second-order valence-electron chi connectivity index (χ2n) is 4.88. The van der Waals surface area contributed by atoms with Gasteiger partial charge in [-0.3, -0.25) is 9.69 Å². The van der Waals surface area contributed by atoms with E-state index in [1.165, 1.54) is 12.3 Å². The maximum atomic E-state index is 14.1. The molecule has 1 aliphatic heterocycles. The lowest BCUT2D eigenvalue weighted by atomic mass is 10.2. The molecule has 7 nitrogen and oxygen atoms in total. The molecule has 4 N–H and O–H groups in total. The lowest BCUT2D eigenvalue weighted by Gasteiger charge is -2.22. The maximum absolute atomic E-state index is 14.1. The van der Waals surface area contributed by atoms with Crippen LogP contribution < -0.4 is 11.3 Å². The van der Waals surface area contributed by atoms with Crippen LogP contribution in [0.2, 0.25) is 0 Å². The van der Waals surface area contributed by atoms with E-state index in [1.807, 2.05) is 0 Å². The van der Waals surface area contributed by atoms with Crippen LogP contribution in [0, 0.1) is 5.82 Å². The number of amides is 1. The minimum Gasteiger partial charge on any atom is -0.395 e. The van der Waals surface area contributed by atoms with Crippen LogP contribution >= 0.6 is 0 Å². The predicted molar refractivity (Wildman–Crippen MR) is 76.1 cm³/mol. The largest absolute Gasteiger partial charge is 0.395 e. The number of nitrogen functional groups attached to an aromatic ring is 1. The summed E-state index contributed by atoms with van der Waals surface area (Å²) in [6.45, 7) is 3.24. The number of nitrogens with zero attached hydrogens (tertiary/aromatic N) is 3. The number of carbonyl (C=O) groups excluding carboxylic acids is 1. The summed E-state index contributed by atoms with van der Waals surface area (Å²) in [4.78, 5) is 19.9. The molecule has 1 aliphatic rings. The number of nitrogens with one attached hydrogen (secondary N) is 1. The number of aliphatic hydroxyl groups excluding tert-OH is 1.